The van der Waals surface area contributed by atoms with Gasteiger partial charge in [0.05, 0.1) is 5.75 Å². The molecule has 0 spiro atoms. The van der Waals surface area contributed by atoms with Gasteiger partial charge in [-0.2, -0.15) is 0 Å². The molecule has 1 atom stereocenters. The number of hydrogen-bond acceptors (Lipinski definition) is 5. The van der Waals surface area contributed by atoms with Crippen molar-refractivity contribution in [2.45, 2.75) is 39.7 Å². The van der Waals surface area contributed by atoms with Crippen LogP contribution in [-0.2, 0) is 9.84 Å². The second-order valence-electron chi connectivity index (χ2n) is 5.05. The Labute approximate surface area is 109 Å². The maximum absolute atomic E-state index is 11.2. The monoisotopic (exact) mass is 271 g/mol. The highest BCUT2D eigenvalue weighted by molar-refractivity contribution is 7.90. The largest absolute Gasteiger partial charge is 0.351 e. The van der Waals surface area contributed by atoms with Crippen LogP contribution >= 0.6 is 0 Å². The fourth-order valence-corrected chi connectivity index (χ4v) is 2.66. The Morgan fingerprint density at radius 3 is 2.39 bits per heavy atom. The average Bonchev–Trinajstić information content (AvgIpc) is 2.12. The van der Waals surface area contributed by atoms with Crippen molar-refractivity contribution in [2.75, 3.05) is 17.3 Å². The van der Waals surface area contributed by atoms with Crippen LogP contribution in [-0.4, -0.2) is 36.4 Å². The van der Waals surface area contributed by atoms with Crippen molar-refractivity contribution in [3.63, 3.8) is 0 Å². The zero-order chi connectivity index (χ0) is 13.9. The van der Waals surface area contributed by atoms with Crippen molar-refractivity contribution in [2.24, 2.45) is 0 Å². The van der Waals surface area contributed by atoms with E-state index in [0.717, 1.165) is 11.4 Å². The van der Waals surface area contributed by atoms with Gasteiger partial charge in [0.2, 0.25) is 5.95 Å². The molecule has 0 bridgehead atoms. The number of hydrogen-bond donors (Lipinski definition) is 1. The highest BCUT2D eigenvalue weighted by atomic mass is 32.2. The van der Waals surface area contributed by atoms with Gasteiger partial charge in [-0.3, -0.25) is 0 Å². The van der Waals surface area contributed by atoms with E-state index < -0.39 is 9.84 Å². The molecule has 0 aliphatic rings. The van der Waals surface area contributed by atoms with Crippen LogP contribution in [0.15, 0.2) is 6.07 Å². The number of anilines is 1. The third kappa shape index (κ3) is 5.00. The van der Waals surface area contributed by atoms with E-state index in [4.69, 9.17) is 0 Å². The highest BCUT2D eigenvalue weighted by Gasteiger charge is 2.12. The summed E-state index contributed by atoms with van der Waals surface area (Å²) in [7, 11) is -3.00. The van der Waals surface area contributed by atoms with Crippen LogP contribution < -0.4 is 5.32 Å². The minimum Gasteiger partial charge on any atom is -0.351 e. The molecule has 0 aromatic carbocycles. The first-order chi connectivity index (χ1) is 8.17. The summed E-state index contributed by atoms with van der Waals surface area (Å²) >= 11 is 0. The Hall–Kier alpha value is -1.17. The van der Waals surface area contributed by atoms with E-state index in [9.17, 15) is 8.42 Å². The smallest absolute Gasteiger partial charge is 0.223 e. The second kappa shape index (κ2) is 5.65. The van der Waals surface area contributed by atoms with Gasteiger partial charge in [0.1, 0.15) is 9.84 Å². The number of nitrogens with one attached hydrogen (secondary N) is 1. The summed E-state index contributed by atoms with van der Waals surface area (Å²) in [5, 5.41) is 3.03. The van der Waals surface area contributed by atoms with Crippen LogP contribution in [0.5, 0.6) is 0 Å². The van der Waals surface area contributed by atoms with Gasteiger partial charge >= 0.3 is 0 Å². The predicted octanol–water partition coefficient (Wildman–Crippen LogP) is 1.75. The Morgan fingerprint density at radius 1 is 1.28 bits per heavy atom. The fraction of sp³-hybridized carbons (Fsp3) is 0.667. The number of sulfone groups is 1. The fourth-order valence-electron chi connectivity index (χ4n) is 1.67. The lowest BCUT2D eigenvalue weighted by molar-refractivity contribution is 0.597. The quantitative estimate of drug-likeness (QED) is 0.883. The van der Waals surface area contributed by atoms with Crippen LogP contribution in [0.3, 0.4) is 0 Å². The van der Waals surface area contributed by atoms with E-state index in [1.165, 1.54) is 6.26 Å². The molecule has 1 heterocycles. The topological polar surface area (TPSA) is 72.0 Å². The summed E-state index contributed by atoms with van der Waals surface area (Å²) in [5.41, 5.74) is 1.83. The zero-order valence-corrected chi connectivity index (χ0v) is 12.4. The van der Waals surface area contributed by atoms with E-state index in [1.54, 1.807) is 0 Å². The Kier molecular flexibility index (Phi) is 4.67. The Bertz CT molecular complexity index is 512. The summed E-state index contributed by atoms with van der Waals surface area (Å²) < 4.78 is 22.4. The SMILES string of the molecule is Cc1cc(C(C)C)nc(NC(C)CS(C)(=O)=O)n1. The van der Waals surface area contributed by atoms with Gasteiger partial charge in [0.15, 0.2) is 0 Å². The van der Waals surface area contributed by atoms with Crippen molar-refractivity contribution >= 4 is 15.8 Å². The number of aromatic nitrogens is 2. The van der Waals surface area contributed by atoms with E-state index in [2.05, 4.69) is 29.1 Å². The zero-order valence-electron chi connectivity index (χ0n) is 11.6. The maximum Gasteiger partial charge on any atom is 0.223 e. The molecule has 1 N–H and O–H groups in total. The minimum atomic E-state index is -3.00. The van der Waals surface area contributed by atoms with Crippen LogP contribution in [0.2, 0.25) is 0 Å². The first-order valence-corrected chi connectivity index (χ1v) is 8.03. The molecule has 0 radical (unpaired) electrons. The first-order valence-electron chi connectivity index (χ1n) is 5.97. The second-order valence-corrected chi connectivity index (χ2v) is 7.24. The predicted molar refractivity (Wildman–Crippen MR) is 73.7 cm³/mol. The van der Waals surface area contributed by atoms with Crippen LogP contribution in [0.4, 0.5) is 5.95 Å². The molecule has 102 valence electrons. The van der Waals surface area contributed by atoms with Crippen molar-refractivity contribution in [3.05, 3.63) is 17.5 Å². The van der Waals surface area contributed by atoms with E-state index in [-0.39, 0.29) is 11.8 Å². The van der Waals surface area contributed by atoms with E-state index in [0.29, 0.717) is 11.9 Å². The molecular weight excluding hydrogens is 250 g/mol. The third-order valence-electron chi connectivity index (χ3n) is 2.39. The molecule has 0 aliphatic carbocycles. The van der Waals surface area contributed by atoms with Gasteiger partial charge in [-0.25, -0.2) is 18.4 Å². The molecule has 6 heteroatoms. The average molecular weight is 271 g/mol. The molecule has 1 aromatic heterocycles. The van der Waals surface area contributed by atoms with Gasteiger partial charge in [-0.15, -0.1) is 0 Å². The van der Waals surface area contributed by atoms with Gasteiger partial charge in [-0.1, -0.05) is 13.8 Å². The molecule has 1 rings (SSSR count). The molecule has 0 saturated heterocycles. The lowest BCUT2D eigenvalue weighted by atomic mass is 10.1. The third-order valence-corrected chi connectivity index (χ3v) is 3.50. The normalized spacial score (nSPS) is 13.7. The molecule has 18 heavy (non-hydrogen) atoms. The summed E-state index contributed by atoms with van der Waals surface area (Å²) in [6.45, 7) is 7.83. The van der Waals surface area contributed by atoms with Gasteiger partial charge in [0, 0.05) is 23.7 Å². The Balaban J connectivity index is 2.84. The lowest BCUT2D eigenvalue weighted by Crippen LogP contribution is -2.26. The van der Waals surface area contributed by atoms with Crippen LogP contribution in [0, 0.1) is 6.92 Å². The molecule has 0 aliphatic heterocycles. The van der Waals surface area contributed by atoms with E-state index >= 15 is 0 Å². The minimum absolute atomic E-state index is 0.0707. The highest BCUT2D eigenvalue weighted by Crippen LogP contribution is 2.14. The van der Waals surface area contributed by atoms with Gasteiger partial charge in [0.25, 0.3) is 0 Å². The van der Waals surface area contributed by atoms with E-state index in [1.807, 2.05) is 19.9 Å². The van der Waals surface area contributed by atoms with Crippen molar-refractivity contribution in [1.82, 2.24) is 9.97 Å². The molecule has 0 saturated carbocycles. The lowest BCUT2D eigenvalue weighted by Gasteiger charge is -2.14. The number of rotatable bonds is 5. The first kappa shape index (κ1) is 14.9. The number of nitrogens with zero attached hydrogens (tertiary/aromatic N) is 2. The van der Waals surface area contributed by atoms with Crippen LogP contribution in [0.1, 0.15) is 38.1 Å². The van der Waals surface area contributed by atoms with Crippen molar-refractivity contribution in [3.8, 4) is 0 Å². The molecule has 0 amide bonds. The molecule has 0 fully saturated rings. The maximum atomic E-state index is 11.2. The standard InChI is InChI=1S/C12H21N3O2S/c1-8(2)11-6-9(3)13-12(15-11)14-10(4)7-18(5,16)17/h6,8,10H,7H2,1-5H3,(H,13,14,15). The molecule has 5 nitrogen and oxygen atoms in total. The summed E-state index contributed by atoms with van der Waals surface area (Å²) in [6.07, 6.45) is 1.22. The number of aryl methyl sites for hydroxylation is 1. The van der Waals surface area contributed by atoms with Gasteiger partial charge in [-0.05, 0) is 25.8 Å². The van der Waals surface area contributed by atoms with Crippen molar-refractivity contribution in [1.29, 1.82) is 0 Å². The Morgan fingerprint density at radius 2 is 1.89 bits per heavy atom. The molecular formula is C12H21N3O2S. The molecule has 1 aromatic rings. The van der Waals surface area contributed by atoms with Crippen LogP contribution in [0.25, 0.3) is 0 Å². The summed E-state index contributed by atoms with van der Waals surface area (Å²) in [4.78, 5) is 8.66. The van der Waals surface area contributed by atoms with Crippen molar-refractivity contribution < 1.29 is 8.42 Å². The molecule has 1 unspecified atom stereocenters. The summed E-state index contributed by atoms with van der Waals surface area (Å²) in [6, 6.07) is 1.73. The van der Waals surface area contributed by atoms with Gasteiger partial charge < -0.3 is 5.32 Å². The summed E-state index contributed by atoms with van der Waals surface area (Å²) in [5.74, 6) is 0.883.